The fraction of sp³-hybridized carbons (Fsp3) is 0.650. The van der Waals surface area contributed by atoms with Crippen molar-refractivity contribution >= 4 is 6.09 Å². The summed E-state index contributed by atoms with van der Waals surface area (Å²) in [6.07, 6.45) is 7.35. The zero-order valence-corrected chi connectivity index (χ0v) is 14.8. The Balaban J connectivity index is 1.72. The summed E-state index contributed by atoms with van der Waals surface area (Å²) in [5, 5.41) is 2.71. The second-order valence-corrected chi connectivity index (χ2v) is 7.75. The normalized spacial score (nSPS) is 31.8. The Morgan fingerprint density at radius 2 is 2.25 bits per heavy atom. The molecule has 2 fully saturated rings. The van der Waals surface area contributed by atoms with Gasteiger partial charge in [-0.3, -0.25) is 0 Å². The van der Waals surface area contributed by atoms with Gasteiger partial charge in [-0.05, 0) is 75.4 Å². The van der Waals surface area contributed by atoms with Crippen LogP contribution in [0.2, 0.25) is 0 Å². The fourth-order valence-corrected chi connectivity index (χ4v) is 5.53. The molecule has 3 aliphatic rings. The molecule has 0 spiro atoms. The number of rotatable bonds is 2. The zero-order valence-electron chi connectivity index (χ0n) is 14.8. The highest BCUT2D eigenvalue weighted by Crippen LogP contribution is 2.55. The summed E-state index contributed by atoms with van der Waals surface area (Å²) in [6, 6.07) is 7.01. The van der Waals surface area contributed by atoms with Crippen molar-refractivity contribution in [3.63, 3.8) is 0 Å². The first-order valence-electron chi connectivity index (χ1n) is 9.43. The molecule has 0 radical (unpaired) electrons. The van der Waals surface area contributed by atoms with Crippen molar-refractivity contribution in [1.82, 2.24) is 10.2 Å². The first-order valence-corrected chi connectivity index (χ1v) is 9.43. The van der Waals surface area contributed by atoms with Crippen LogP contribution in [0.1, 0.15) is 50.2 Å². The van der Waals surface area contributed by atoms with Gasteiger partial charge in [-0.25, -0.2) is 4.79 Å². The molecular weight excluding hydrogens is 300 g/mol. The molecule has 4 rings (SSSR count). The maximum Gasteiger partial charge on any atom is 0.412 e. The molecule has 4 heteroatoms. The number of carbonyl (C=O) groups excluding carboxylic acids is 1. The van der Waals surface area contributed by atoms with Crippen LogP contribution in [0.15, 0.2) is 18.2 Å². The molecule has 1 unspecified atom stereocenters. The van der Waals surface area contributed by atoms with Crippen LogP contribution in [-0.4, -0.2) is 37.2 Å². The van der Waals surface area contributed by atoms with Crippen molar-refractivity contribution in [3.05, 3.63) is 29.3 Å². The van der Waals surface area contributed by atoms with Gasteiger partial charge in [-0.15, -0.1) is 0 Å². The third kappa shape index (κ3) is 2.43. The van der Waals surface area contributed by atoms with E-state index in [0.29, 0.717) is 23.8 Å². The van der Waals surface area contributed by atoms with E-state index in [1.54, 1.807) is 0 Å². The van der Waals surface area contributed by atoms with Crippen LogP contribution in [0.5, 0.6) is 5.75 Å². The van der Waals surface area contributed by atoms with Crippen molar-refractivity contribution < 1.29 is 9.53 Å². The van der Waals surface area contributed by atoms with Gasteiger partial charge in [0.1, 0.15) is 5.75 Å². The smallest absolute Gasteiger partial charge is 0.410 e. The van der Waals surface area contributed by atoms with Crippen LogP contribution < -0.4 is 10.1 Å². The van der Waals surface area contributed by atoms with Crippen LogP contribution in [0.3, 0.4) is 0 Å². The van der Waals surface area contributed by atoms with Gasteiger partial charge in [-0.2, -0.15) is 0 Å². The number of likely N-dealkylation sites (tertiary alicyclic amines) is 1. The Morgan fingerprint density at radius 3 is 3.08 bits per heavy atom. The molecule has 1 aromatic carbocycles. The number of carbonyl (C=O) groups is 1. The number of nitrogens with one attached hydrogen (secondary N) is 1. The average Bonchev–Trinajstić information content (AvgIpc) is 2.59. The monoisotopic (exact) mass is 328 g/mol. The predicted molar refractivity (Wildman–Crippen MR) is 94.5 cm³/mol. The third-order valence-corrected chi connectivity index (χ3v) is 6.62. The van der Waals surface area contributed by atoms with Crippen LogP contribution >= 0.6 is 0 Å². The fourth-order valence-electron chi connectivity index (χ4n) is 5.53. The lowest BCUT2D eigenvalue weighted by atomic mass is 9.52. The first kappa shape index (κ1) is 15.9. The molecule has 2 aliphatic carbocycles. The molecule has 1 heterocycles. The number of hydrogen-bond acceptors (Lipinski definition) is 3. The van der Waals surface area contributed by atoms with E-state index < -0.39 is 0 Å². The van der Waals surface area contributed by atoms with Crippen molar-refractivity contribution in [2.75, 3.05) is 20.1 Å². The topological polar surface area (TPSA) is 41.6 Å². The molecule has 1 N–H and O–H groups in total. The van der Waals surface area contributed by atoms with Gasteiger partial charge in [0.05, 0.1) is 0 Å². The molecule has 1 saturated carbocycles. The minimum absolute atomic E-state index is 0.309. The third-order valence-electron chi connectivity index (χ3n) is 6.62. The van der Waals surface area contributed by atoms with Gasteiger partial charge in [-0.1, -0.05) is 18.9 Å². The number of piperidine rings is 1. The zero-order chi connectivity index (χ0) is 16.7. The van der Waals surface area contributed by atoms with Crippen molar-refractivity contribution in [2.24, 2.45) is 5.92 Å². The minimum atomic E-state index is -0.354. The number of nitrogens with zero attached hydrogens (tertiary/aromatic N) is 1. The maximum atomic E-state index is 11.8. The second kappa shape index (κ2) is 6.07. The number of likely N-dealkylation sites (N-methyl/N-ethyl adjacent to an activating group) is 1. The molecule has 1 saturated heterocycles. The van der Waals surface area contributed by atoms with Gasteiger partial charge in [0.15, 0.2) is 0 Å². The highest BCUT2D eigenvalue weighted by molar-refractivity contribution is 5.70. The van der Waals surface area contributed by atoms with E-state index >= 15 is 0 Å². The van der Waals surface area contributed by atoms with Crippen LogP contribution in [0.25, 0.3) is 0 Å². The highest BCUT2D eigenvalue weighted by Gasteiger charge is 2.53. The summed E-state index contributed by atoms with van der Waals surface area (Å²) < 4.78 is 5.50. The van der Waals surface area contributed by atoms with Crippen LogP contribution in [0, 0.1) is 5.92 Å². The van der Waals surface area contributed by atoms with E-state index in [9.17, 15) is 4.79 Å². The molecule has 0 aromatic heterocycles. The molecule has 24 heavy (non-hydrogen) atoms. The van der Waals surface area contributed by atoms with E-state index in [-0.39, 0.29) is 6.09 Å². The summed E-state index contributed by atoms with van der Waals surface area (Å²) >= 11 is 0. The van der Waals surface area contributed by atoms with Gasteiger partial charge in [0.2, 0.25) is 0 Å². The summed E-state index contributed by atoms with van der Waals surface area (Å²) in [4.78, 5) is 14.4. The predicted octanol–water partition coefficient (Wildman–Crippen LogP) is 3.48. The Bertz CT molecular complexity index is 645. The first-order chi connectivity index (χ1) is 11.6. The van der Waals surface area contributed by atoms with E-state index in [4.69, 9.17) is 4.74 Å². The molecular formula is C20H28N2O2. The van der Waals surface area contributed by atoms with E-state index in [1.807, 2.05) is 13.0 Å². The minimum Gasteiger partial charge on any atom is -0.410 e. The Labute approximate surface area is 144 Å². The molecule has 1 aliphatic heterocycles. The SMILES string of the molecule is CCNC(=O)Oc1ccc2c(c1)[C@@]13CCCCC1[C@@H](C2)N(C)CC3. The number of fused-ring (bicyclic) bond motifs is 1. The average molecular weight is 328 g/mol. The van der Waals surface area contributed by atoms with Crippen molar-refractivity contribution in [1.29, 1.82) is 0 Å². The van der Waals surface area contributed by atoms with Gasteiger partial charge >= 0.3 is 6.09 Å². The molecule has 1 amide bonds. The maximum absolute atomic E-state index is 11.8. The Hall–Kier alpha value is -1.55. The number of hydrogen-bond donors (Lipinski definition) is 1. The lowest BCUT2D eigenvalue weighted by Gasteiger charge is -2.58. The second-order valence-electron chi connectivity index (χ2n) is 7.75. The van der Waals surface area contributed by atoms with Gasteiger partial charge in [0.25, 0.3) is 0 Å². The van der Waals surface area contributed by atoms with E-state index in [0.717, 1.165) is 12.3 Å². The summed E-state index contributed by atoms with van der Waals surface area (Å²) in [6.45, 7) is 3.67. The molecule has 4 nitrogen and oxygen atoms in total. The summed E-state index contributed by atoms with van der Waals surface area (Å²) in [7, 11) is 2.29. The van der Waals surface area contributed by atoms with Crippen LogP contribution in [0.4, 0.5) is 4.79 Å². The van der Waals surface area contributed by atoms with E-state index in [1.165, 1.54) is 49.8 Å². The quantitative estimate of drug-likeness (QED) is 0.904. The Kier molecular flexibility index (Phi) is 4.03. The van der Waals surface area contributed by atoms with Gasteiger partial charge < -0.3 is 15.0 Å². The standard InChI is InChI=1S/C20H28N2O2/c1-3-21-19(23)24-15-8-7-14-12-18-16-6-4-5-9-20(16,17(14)13-15)10-11-22(18)2/h7-8,13,16,18H,3-6,9-12H2,1-2H3,(H,21,23)/t16?,18-,20-/m1/s1. The summed E-state index contributed by atoms with van der Waals surface area (Å²) in [5.74, 6) is 1.45. The Morgan fingerprint density at radius 1 is 1.38 bits per heavy atom. The summed E-state index contributed by atoms with van der Waals surface area (Å²) in [5.41, 5.74) is 3.25. The van der Waals surface area contributed by atoms with Crippen molar-refractivity contribution in [2.45, 2.75) is 56.9 Å². The van der Waals surface area contributed by atoms with Gasteiger partial charge in [0, 0.05) is 18.0 Å². The molecule has 1 aromatic rings. The molecule has 130 valence electrons. The number of ether oxygens (including phenoxy) is 1. The van der Waals surface area contributed by atoms with Crippen LogP contribution in [-0.2, 0) is 11.8 Å². The lowest BCUT2D eigenvalue weighted by molar-refractivity contribution is 0.00275. The van der Waals surface area contributed by atoms with E-state index in [2.05, 4.69) is 29.4 Å². The number of amides is 1. The largest absolute Gasteiger partial charge is 0.412 e. The highest BCUT2D eigenvalue weighted by atomic mass is 16.6. The molecule has 2 bridgehead atoms. The number of benzene rings is 1. The van der Waals surface area contributed by atoms with Crippen molar-refractivity contribution in [3.8, 4) is 5.75 Å². The lowest BCUT2D eigenvalue weighted by Crippen LogP contribution is -2.59. The molecule has 3 atom stereocenters.